The number of thiophene rings is 1. The third-order valence-electron chi connectivity index (χ3n) is 7.43. The molecule has 0 bridgehead atoms. The summed E-state index contributed by atoms with van der Waals surface area (Å²) in [5, 5.41) is 3.10. The van der Waals surface area contributed by atoms with Gasteiger partial charge in [-0.1, -0.05) is 30.3 Å². The lowest BCUT2D eigenvalue weighted by Gasteiger charge is -2.35. The first-order valence-corrected chi connectivity index (χ1v) is 14.9. The molecular formula is C28H26N4O3S2. The smallest absolute Gasteiger partial charge is 0.243 e. The molecule has 0 N–H and O–H groups in total. The van der Waals surface area contributed by atoms with E-state index >= 15 is 0 Å². The Labute approximate surface area is 219 Å². The van der Waals surface area contributed by atoms with E-state index in [1.807, 2.05) is 42.5 Å². The van der Waals surface area contributed by atoms with Crippen LogP contribution in [0.3, 0.4) is 0 Å². The fourth-order valence-corrected chi connectivity index (χ4v) is 8.21. The van der Waals surface area contributed by atoms with Gasteiger partial charge in [-0.2, -0.15) is 4.31 Å². The Morgan fingerprint density at radius 3 is 2.49 bits per heavy atom. The van der Waals surface area contributed by atoms with E-state index in [0.29, 0.717) is 42.7 Å². The van der Waals surface area contributed by atoms with Crippen molar-refractivity contribution in [2.24, 2.45) is 0 Å². The minimum atomic E-state index is -3.59. The molecule has 1 aliphatic carbocycles. The van der Waals surface area contributed by atoms with Crippen molar-refractivity contribution in [2.45, 2.75) is 30.6 Å². The number of aromatic nitrogens is 2. The van der Waals surface area contributed by atoms with Gasteiger partial charge in [-0.3, -0.25) is 0 Å². The molecule has 0 unspecified atom stereocenters. The van der Waals surface area contributed by atoms with E-state index in [9.17, 15) is 8.42 Å². The molecule has 3 aromatic heterocycles. The summed E-state index contributed by atoms with van der Waals surface area (Å²) < 4.78 is 34.3. The number of aryl methyl sites for hydroxylation is 2. The second kappa shape index (κ2) is 8.93. The van der Waals surface area contributed by atoms with Gasteiger partial charge in [-0.15, -0.1) is 11.3 Å². The predicted molar refractivity (Wildman–Crippen MR) is 147 cm³/mol. The van der Waals surface area contributed by atoms with Crippen molar-refractivity contribution in [3.8, 4) is 11.6 Å². The maximum atomic E-state index is 13.5. The summed E-state index contributed by atoms with van der Waals surface area (Å²) in [6, 6.07) is 16.9. The molecule has 0 amide bonds. The lowest BCUT2D eigenvalue weighted by atomic mass is 9.97. The number of benzene rings is 2. The molecule has 1 aliphatic heterocycles. The van der Waals surface area contributed by atoms with Crippen molar-refractivity contribution in [2.75, 3.05) is 31.1 Å². The number of sulfonamides is 1. The fourth-order valence-electron chi connectivity index (χ4n) is 5.50. The molecule has 2 aliphatic rings. The van der Waals surface area contributed by atoms with Crippen LogP contribution in [0.5, 0.6) is 0 Å². The maximum Gasteiger partial charge on any atom is 0.243 e. The molecule has 0 radical (unpaired) electrons. The van der Waals surface area contributed by atoms with Crippen LogP contribution in [0.2, 0.25) is 0 Å². The lowest BCUT2D eigenvalue weighted by molar-refractivity contribution is 0.384. The summed E-state index contributed by atoms with van der Waals surface area (Å²) in [6.07, 6.45) is 6.15. The molecule has 1 saturated heterocycles. The minimum Gasteiger partial charge on any atom is -0.461 e. The van der Waals surface area contributed by atoms with E-state index in [-0.39, 0.29) is 0 Å². The van der Waals surface area contributed by atoms with Crippen molar-refractivity contribution in [1.82, 2.24) is 14.3 Å². The number of hydrogen-bond acceptors (Lipinski definition) is 7. The number of nitrogens with zero attached hydrogens (tertiary/aromatic N) is 4. The molecule has 1 fully saturated rings. The van der Waals surface area contributed by atoms with Crippen molar-refractivity contribution in [3.63, 3.8) is 0 Å². The first-order chi connectivity index (χ1) is 18.1. The molecule has 4 heterocycles. The van der Waals surface area contributed by atoms with Gasteiger partial charge in [-0.25, -0.2) is 18.4 Å². The molecule has 9 heteroatoms. The standard InChI is InChI=1S/C28H26N4O3S2/c33-37(34,21-12-11-19-6-1-2-7-20(19)18-21)32-15-13-31(14-16-32)27-25-22-8-3-4-10-24(22)36-28(25)30-26(29-27)23-9-5-17-35-23/h1-2,5-7,9,11-12,17-18H,3-4,8,10,13-16H2. The Bertz CT molecular complexity index is 1720. The number of rotatable bonds is 4. The van der Waals surface area contributed by atoms with Crippen LogP contribution in [0, 0.1) is 0 Å². The van der Waals surface area contributed by atoms with Gasteiger partial charge in [0.1, 0.15) is 10.6 Å². The second-order valence-corrected chi connectivity index (χ2v) is 12.7. The molecule has 188 valence electrons. The van der Waals surface area contributed by atoms with Crippen LogP contribution in [0.4, 0.5) is 5.82 Å². The predicted octanol–water partition coefficient (Wildman–Crippen LogP) is 5.49. The van der Waals surface area contributed by atoms with Crippen LogP contribution in [0.15, 0.2) is 70.2 Å². The highest BCUT2D eigenvalue weighted by atomic mass is 32.2. The molecule has 2 aromatic carbocycles. The van der Waals surface area contributed by atoms with Crippen molar-refractivity contribution < 1.29 is 12.8 Å². The quantitative estimate of drug-likeness (QED) is 0.306. The number of fused-ring (bicyclic) bond motifs is 4. The Balaban J connectivity index is 1.22. The molecule has 0 saturated carbocycles. The molecule has 5 aromatic rings. The second-order valence-electron chi connectivity index (χ2n) is 9.64. The van der Waals surface area contributed by atoms with Crippen LogP contribution in [-0.4, -0.2) is 48.9 Å². The SMILES string of the molecule is O=S(=O)(c1ccc2ccccc2c1)N1CCN(c2nc(-c3ccco3)nc3sc4c(c23)CCCC4)CC1. The van der Waals surface area contributed by atoms with Crippen LogP contribution in [-0.2, 0) is 22.9 Å². The minimum absolute atomic E-state index is 0.344. The van der Waals surface area contributed by atoms with Crippen LogP contribution in [0.25, 0.3) is 32.6 Å². The van der Waals surface area contributed by atoms with Gasteiger partial charge in [0.15, 0.2) is 11.6 Å². The summed E-state index contributed by atoms with van der Waals surface area (Å²) in [7, 11) is -3.59. The van der Waals surface area contributed by atoms with Gasteiger partial charge in [-0.05, 0) is 66.3 Å². The highest BCUT2D eigenvalue weighted by Gasteiger charge is 2.31. The Kier molecular flexibility index (Phi) is 5.53. The molecular weight excluding hydrogens is 504 g/mol. The van der Waals surface area contributed by atoms with E-state index < -0.39 is 10.0 Å². The topological polar surface area (TPSA) is 79.5 Å². The average Bonchev–Trinajstić information content (AvgIpc) is 3.61. The van der Waals surface area contributed by atoms with E-state index in [2.05, 4.69) is 4.90 Å². The largest absolute Gasteiger partial charge is 0.461 e. The summed E-state index contributed by atoms with van der Waals surface area (Å²) in [5.74, 6) is 2.13. The van der Waals surface area contributed by atoms with E-state index in [4.69, 9.17) is 14.4 Å². The highest BCUT2D eigenvalue weighted by molar-refractivity contribution is 7.89. The van der Waals surface area contributed by atoms with Gasteiger partial charge in [0, 0.05) is 31.1 Å². The zero-order valence-electron chi connectivity index (χ0n) is 20.3. The normalized spacial score (nSPS) is 16.9. The number of furan rings is 1. The van der Waals surface area contributed by atoms with Crippen molar-refractivity contribution in [1.29, 1.82) is 0 Å². The molecule has 37 heavy (non-hydrogen) atoms. The van der Waals surface area contributed by atoms with Gasteiger partial charge in [0.05, 0.1) is 16.5 Å². The third-order valence-corrected chi connectivity index (χ3v) is 10.5. The Morgan fingerprint density at radius 1 is 0.865 bits per heavy atom. The van der Waals surface area contributed by atoms with E-state index in [0.717, 1.165) is 39.6 Å². The summed E-state index contributed by atoms with van der Waals surface area (Å²) in [6.45, 7) is 1.95. The third kappa shape index (κ3) is 3.93. The van der Waals surface area contributed by atoms with E-state index in [1.54, 1.807) is 34.0 Å². The number of anilines is 1. The number of hydrogen-bond donors (Lipinski definition) is 0. The Hall–Kier alpha value is -3.27. The fraction of sp³-hybridized carbons (Fsp3) is 0.286. The van der Waals surface area contributed by atoms with Gasteiger partial charge < -0.3 is 9.32 Å². The van der Waals surface area contributed by atoms with E-state index in [1.165, 1.54) is 23.3 Å². The summed E-state index contributed by atoms with van der Waals surface area (Å²) >= 11 is 1.77. The van der Waals surface area contributed by atoms with Gasteiger partial charge >= 0.3 is 0 Å². The van der Waals surface area contributed by atoms with Crippen LogP contribution >= 0.6 is 11.3 Å². The van der Waals surface area contributed by atoms with Gasteiger partial charge in [0.2, 0.25) is 10.0 Å². The molecule has 0 spiro atoms. The summed E-state index contributed by atoms with van der Waals surface area (Å²) in [4.78, 5) is 14.8. The van der Waals surface area contributed by atoms with Crippen molar-refractivity contribution >= 4 is 48.2 Å². The van der Waals surface area contributed by atoms with Crippen LogP contribution in [0.1, 0.15) is 23.3 Å². The lowest BCUT2D eigenvalue weighted by Crippen LogP contribution is -2.49. The van der Waals surface area contributed by atoms with Crippen molar-refractivity contribution in [3.05, 3.63) is 71.3 Å². The molecule has 7 rings (SSSR count). The monoisotopic (exact) mass is 530 g/mol. The average molecular weight is 531 g/mol. The van der Waals surface area contributed by atoms with Crippen LogP contribution < -0.4 is 4.90 Å². The molecule has 7 nitrogen and oxygen atoms in total. The summed E-state index contributed by atoms with van der Waals surface area (Å²) in [5.41, 5.74) is 1.37. The Morgan fingerprint density at radius 2 is 1.68 bits per heavy atom. The number of piperazine rings is 1. The zero-order valence-corrected chi connectivity index (χ0v) is 21.9. The highest BCUT2D eigenvalue weighted by Crippen LogP contribution is 2.41. The molecule has 0 atom stereocenters. The maximum absolute atomic E-state index is 13.5. The zero-order chi connectivity index (χ0) is 25.0. The van der Waals surface area contributed by atoms with Gasteiger partial charge in [0.25, 0.3) is 0 Å². The first kappa shape index (κ1) is 22.9. The first-order valence-electron chi connectivity index (χ1n) is 12.7.